The number of H-pyrrole nitrogens is 1. The molecule has 0 radical (unpaired) electrons. The van der Waals surface area contributed by atoms with E-state index in [4.69, 9.17) is 16.2 Å². The van der Waals surface area contributed by atoms with E-state index < -0.39 is 216 Å². The summed E-state index contributed by atoms with van der Waals surface area (Å²) < 4.78 is 7.02. The topological polar surface area (TPSA) is 647 Å². The van der Waals surface area contributed by atoms with Crippen LogP contribution in [-0.4, -0.2) is 276 Å². The van der Waals surface area contributed by atoms with Gasteiger partial charge in [0.15, 0.2) is 34.7 Å². The van der Waals surface area contributed by atoms with E-state index in [-0.39, 0.29) is 139 Å². The Morgan fingerprint density at radius 3 is 2.01 bits per heavy atom. The van der Waals surface area contributed by atoms with Gasteiger partial charge in [-0.2, -0.15) is 0 Å². The number of hydrogen-bond acceptors (Lipinski definition) is 33. The summed E-state index contributed by atoms with van der Waals surface area (Å²) in [6.45, 7) is 11.5. The third kappa shape index (κ3) is 36.8. The van der Waals surface area contributed by atoms with Crippen molar-refractivity contribution in [2.45, 2.75) is 300 Å². The molecule has 1 saturated carbocycles. The van der Waals surface area contributed by atoms with Crippen molar-refractivity contribution in [1.29, 1.82) is 0 Å². The maximum Gasteiger partial charge on any atom is 0.303 e. The molecule has 139 heavy (non-hydrogen) atoms. The molecule has 1 aliphatic heterocycles. The number of para-hydroxylation sites is 1. The summed E-state index contributed by atoms with van der Waals surface area (Å²) in [4.78, 5) is 245. The van der Waals surface area contributed by atoms with Crippen LogP contribution in [0.2, 0.25) is 0 Å². The van der Waals surface area contributed by atoms with E-state index in [1.165, 1.54) is 72.9 Å². The lowest BCUT2D eigenvalue weighted by Crippen LogP contribution is -2.65. The number of aromatic amines is 1. The first kappa shape index (κ1) is 114. The summed E-state index contributed by atoms with van der Waals surface area (Å²) in [6.07, 6.45) is 3.20. The summed E-state index contributed by atoms with van der Waals surface area (Å²) in [5.41, 5.74) is 27.7. The maximum atomic E-state index is 15.8. The minimum Gasteiger partial charge on any atom is -0.508 e. The van der Waals surface area contributed by atoms with Crippen LogP contribution in [0.5, 0.6) is 5.75 Å². The van der Waals surface area contributed by atoms with E-state index in [9.17, 15) is 68.4 Å². The number of carboxylic acids is 1. The number of carbonyl (C=O) groups excluding carboxylic acids is 16. The number of amides is 6. The highest BCUT2D eigenvalue weighted by atomic mass is 16.5. The first-order valence-electron chi connectivity index (χ1n) is 47.6. The number of aliphatic hydroxyl groups is 2. The first-order chi connectivity index (χ1) is 66.1. The molecular weight excluding hydrogens is 1800 g/mol. The van der Waals surface area contributed by atoms with Crippen LogP contribution >= 0.6 is 0 Å². The number of ether oxygens (including phenoxy) is 1. The SMILES string of the molecule is COC/C=C/c1c2nnn1CCCCCC[C@@](C)(NN[C@@H](Cc1ccccc1)C(=O)C(=O)[C@@H](NC(=O)[C@H](CC(C)C)NC(C)=O)[C@@H](C)O)C(=O)C(=O)[C@H](CCC(=O)O)NC(=O)[C@H](Cc1ccc(O)cc1)NN[C@@H](Cc1c[nH]c3ccccc13)C(=O)CC(=O)[C@H](C)NCC(=O)[C@H](CCC(N)=O)NN[C@@H](CC1CCC1)C(=O)N[C@](C)(C(=O)N[C@@H](CO)C(=O)CN[C@@H](C)C(=O)CCN[C@@H](C)C(=O)CN)CCC2. The van der Waals surface area contributed by atoms with Crippen LogP contribution in [0.1, 0.15) is 206 Å². The van der Waals surface area contributed by atoms with Crippen molar-refractivity contribution in [3.8, 4) is 5.75 Å². The predicted molar refractivity (Wildman–Crippen MR) is 513 cm³/mol. The zero-order valence-electron chi connectivity index (χ0n) is 81.0. The number of aryl methyl sites for hydroxylation is 2. The fraction of sp³-hybridized carbons (Fsp3) is 0.577. The molecular formula is C97H142N20O22. The third-order valence-electron chi connectivity index (χ3n) is 25.1. The summed E-state index contributed by atoms with van der Waals surface area (Å²) in [5.74, 6) is -15.3. The van der Waals surface area contributed by atoms with Crippen LogP contribution in [0.15, 0.2) is 91.1 Å². The summed E-state index contributed by atoms with van der Waals surface area (Å²) in [6, 6.07) is 4.53. The lowest BCUT2D eigenvalue weighted by atomic mass is 9.80. The Kier molecular flexibility index (Phi) is 47.0. The fourth-order valence-corrected chi connectivity index (χ4v) is 16.2. The molecule has 3 heterocycles. The van der Waals surface area contributed by atoms with Gasteiger partial charge in [0.2, 0.25) is 58.6 Å². The molecule has 42 nitrogen and oxygen atoms in total. The number of fused-ring (bicyclic) bond motifs is 3. The molecule has 0 unspecified atom stereocenters. The van der Waals surface area contributed by atoms with E-state index >= 15 is 33.6 Å². The highest BCUT2D eigenvalue weighted by molar-refractivity contribution is 6.43. The molecule has 762 valence electrons. The van der Waals surface area contributed by atoms with Gasteiger partial charge in [-0.1, -0.05) is 124 Å². The molecule has 0 spiro atoms. The van der Waals surface area contributed by atoms with Crippen LogP contribution in [0, 0.1) is 11.8 Å². The Morgan fingerprint density at radius 2 is 1.35 bits per heavy atom. The number of phenolic OH excluding ortho intramolecular Hbond substituents is 1. The first-order valence-corrected chi connectivity index (χ1v) is 47.6. The van der Waals surface area contributed by atoms with E-state index in [1.54, 1.807) is 98.4 Å². The van der Waals surface area contributed by atoms with Crippen LogP contribution in [-0.2, 0) is 118 Å². The molecule has 42 heteroatoms. The van der Waals surface area contributed by atoms with Crippen molar-refractivity contribution in [2.75, 3.05) is 46.5 Å². The second kappa shape index (κ2) is 57.2. The highest BCUT2D eigenvalue weighted by Gasteiger charge is 2.45. The number of rotatable bonds is 43. The number of aromatic nitrogens is 4. The summed E-state index contributed by atoms with van der Waals surface area (Å²) >= 11 is 0. The van der Waals surface area contributed by atoms with Gasteiger partial charge in [0.25, 0.3) is 0 Å². The zero-order valence-corrected chi connectivity index (χ0v) is 81.0. The second-order valence-electron chi connectivity index (χ2n) is 37.0. The quantitative estimate of drug-likeness (QED) is 0.0138. The van der Waals surface area contributed by atoms with Gasteiger partial charge in [-0.05, 0) is 171 Å². The molecule has 2 aromatic heterocycles. The number of methoxy groups -OCH3 is 1. The van der Waals surface area contributed by atoms with Crippen LogP contribution < -0.4 is 86.6 Å². The molecule has 5 aromatic rings. The highest BCUT2D eigenvalue weighted by Crippen LogP contribution is 2.32. The number of carboxylic acid groups (broad SMARTS) is 1. The molecule has 15 atom stereocenters. The number of aromatic hydroxyl groups is 1. The van der Waals surface area contributed by atoms with Gasteiger partial charge in [0, 0.05) is 63.5 Å². The number of nitrogens with one attached hydrogen (secondary N) is 15. The molecule has 3 aromatic carbocycles. The Hall–Kier alpha value is -11.6. The molecule has 6 amide bonds. The molecule has 0 saturated heterocycles. The van der Waals surface area contributed by atoms with Crippen LogP contribution in [0.4, 0.5) is 0 Å². The number of aliphatic carboxylic acids is 1. The van der Waals surface area contributed by atoms with Gasteiger partial charge in [0.1, 0.15) is 41.5 Å². The summed E-state index contributed by atoms with van der Waals surface area (Å²) in [5, 5.41) is 74.3. The van der Waals surface area contributed by atoms with E-state index in [1.807, 2.05) is 0 Å². The number of hydrazine groups is 3. The van der Waals surface area contributed by atoms with Crippen molar-refractivity contribution in [3.63, 3.8) is 0 Å². The Labute approximate surface area is 808 Å². The van der Waals surface area contributed by atoms with Crippen molar-refractivity contribution < 1.29 is 107 Å². The van der Waals surface area contributed by atoms with Gasteiger partial charge in [-0.15, -0.1) is 5.10 Å². The molecule has 23 N–H and O–H groups in total. The molecule has 1 fully saturated rings. The number of nitrogens with zero attached hydrogens (tertiary/aromatic N) is 3. The Balaban J connectivity index is 1.31. The Bertz CT molecular complexity index is 5040. The number of phenols is 1. The lowest BCUT2D eigenvalue weighted by molar-refractivity contribution is -0.144. The summed E-state index contributed by atoms with van der Waals surface area (Å²) in [7, 11) is 1.49. The molecule has 1 aliphatic carbocycles. The fourth-order valence-electron chi connectivity index (χ4n) is 16.2. The number of carbonyl (C=O) groups is 17. The van der Waals surface area contributed by atoms with Crippen LogP contribution in [0.3, 0.4) is 0 Å². The second-order valence-corrected chi connectivity index (χ2v) is 37.0. The number of nitrogens with two attached hydrogens (primary N) is 2. The minimum atomic E-state index is -2.15. The van der Waals surface area contributed by atoms with Crippen molar-refractivity contribution in [3.05, 3.63) is 119 Å². The maximum absolute atomic E-state index is 15.8. The molecule has 7 rings (SSSR count). The number of aliphatic hydroxyl groups excluding tert-OH is 2. The van der Waals surface area contributed by atoms with Gasteiger partial charge < -0.3 is 84.1 Å². The van der Waals surface area contributed by atoms with Gasteiger partial charge >= 0.3 is 5.97 Å². The smallest absolute Gasteiger partial charge is 0.303 e. The lowest BCUT2D eigenvalue weighted by Gasteiger charge is -2.35. The van der Waals surface area contributed by atoms with Gasteiger partial charge in [-0.25, -0.2) is 37.2 Å². The van der Waals surface area contributed by atoms with Crippen molar-refractivity contribution in [1.82, 2.24) is 95.1 Å². The normalized spacial score (nSPS) is 22.2. The minimum absolute atomic E-state index is 0.0307. The van der Waals surface area contributed by atoms with Crippen LogP contribution in [0.25, 0.3) is 17.0 Å². The van der Waals surface area contributed by atoms with E-state index in [0.717, 1.165) is 6.42 Å². The average molecular weight is 1940 g/mol. The number of benzene rings is 3. The number of Topliss-reactive ketones (excluding diaryl/α,β-unsaturated/α-hetero) is 10. The third-order valence-corrected chi connectivity index (χ3v) is 25.1. The van der Waals surface area contributed by atoms with E-state index in [2.05, 4.69) is 90.4 Å². The number of hydrogen-bond donors (Lipinski definition) is 21. The van der Waals surface area contributed by atoms with Gasteiger partial charge in [0.05, 0.1) is 105 Å². The van der Waals surface area contributed by atoms with Gasteiger partial charge in [-0.3, -0.25) is 81.5 Å². The van der Waals surface area contributed by atoms with Crippen molar-refractivity contribution >= 4 is 116 Å². The number of primary amides is 1. The molecule has 2 aliphatic rings. The number of ketones is 10. The van der Waals surface area contributed by atoms with Crippen molar-refractivity contribution in [2.24, 2.45) is 23.3 Å². The molecule has 2 bridgehead atoms. The average Bonchev–Trinajstić information content (AvgIpc) is 1.55. The zero-order chi connectivity index (χ0) is 102. The standard InChI is InChI=1S/C97H142N20O22/c1-56(2)45-74(104-61(7)120)92(135)107-87(60(6)119)90(133)88(131)73(46-62-23-14-13-15-24-62)113-115-96(8)40-18-11-12-19-43-117-78(30-22-44-139-10)69(114-116-117)29-21-41-97(9,95(138)106-77(55-118)84(127)54-101-57(3)79(122)39-42-100-59(5)82(125)51-98)108-94(137)76(47-63-25-20-26-63)112-109-70(35-37-85(99)128)83(126)53-102-58(4)80(123)50-81(124)72(49-65-52-103-68-28-17-16-27-67(65)68)110-111-75(48-64-31-33-66(121)34-32-64)93(136)105-71(36-38-86(129)130)89(132)91(96)134/h13-17,22-24,27-28,30-34,52,56-60,63,70-77,87,100-103,109-113,115,118-119,121H,11-12,18-21,25-26,29,35-51,53-55,98H2,1-10H3,(H2,99,128)(H,104,120)(H,105,136)(H,106,138)(H,107,135)(H,108,137)(H,129,130)/b30-22+/t57-,58-,59-,60+,70-,71-,72-,73-,74-,75-,76-,77-,87-,96+,97-/m0/s1. The predicted octanol–water partition coefficient (Wildman–Crippen LogP) is -0.0383. The van der Waals surface area contributed by atoms with E-state index in [0.29, 0.717) is 71.1 Å². The largest absolute Gasteiger partial charge is 0.508 e. The monoisotopic (exact) mass is 1940 g/mol. The Morgan fingerprint density at radius 1 is 0.683 bits per heavy atom.